The van der Waals surface area contributed by atoms with Gasteiger partial charge in [0, 0.05) is 29.5 Å². The van der Waals surface area contributed by atoms with Gasteiger partial charge < -0.3 is 5.32 Å². The molecule has 2 aromatic heterocycles. The van der Waals surface area contributed by atoms with Gasteiger partial charge in [0.15, 0.2) is 5.69 Å². The molecule has 0 saturated carbocycles. The van der Waals surface area contributed by atoms with Gasteiger partial charge >= 0.3 is 0 Å². The molecule has 2 heterocycles. The van der Waals surface area contributed by atoms with Crippen molar-refractivity contribution >= 4 is 29.1 Å². The predicted molar refractivity (Wildman–Crippen MR) is 117 cm³/mol. The fourth-order valence-corrected chi connectivity index (χ4v) is 3.39. The van der Waals surface area contributed by atoms with Crippen LogP contribution in [0.3, 0.4) is 0 Å². The van der Waals surface area contributed by atoms with Crippen LogP contribution in [0.25, 0.3) is 16.9 Å². The van der Waals surface area contributed by atoms with Crippen molar-refractivity contribution in [3.63, 3.8) is 0 Å². The third kappa shape index (κ3) is 4.35. The minimum Gasteiger partial charge on any atom is -0.350 e. The molecule has 0 radical (unpaired) electrons. The number of carbonyl (C=O) groups is 1. The summed E-state index contributed by atoms with van der Waals surface area (Å²) in [5.74, 6) is -0.318. The van der Waals surface area contributed by atoms with Crippen molar-refractivity contribution in [1.29, 1.82) is 0 Å². The maximum Gasteiger partial charge on any atom is 0.274 e. The Labute approximate surface area is 183 Å². The number of rotatable bonds is 6. The summed E-state index contributed by atoms with van der Waals surface area (Å²) in [6, 6.07) is 18.4. The van der Waals surface area contributed by atoms with E-state index in [1.165, 1.54) is 0 Å². The number of nitrogens with one attached hydrogen (secondary N) is 1. The van der Waals surface area contributed by atoms with E-state index in [-0.39, 0.29) is 11.6 Å². The van der Waals surface area contributed by atoms with Crippen LogP contribution in [0.2, 0.25) is 10.0 Å². The molecule has 30 heavy (non-hydrogen) atoms. The lowest BCUT2D eigenvalue weighted by molar-refractivity contribution is 0.0949. The summed E-state index contributed by atoms with van der Waals surface area (Å²) in [5.41, 5.74) is 3.15. The number of carbonyl (C=O) groups excluding carboxylic acids is 1. The molecule has 0 fully saturated rings. The van der Waals surface area contributed by atoms with Gasteiger partial charge in [0.25, 0.3) is 5.91 Å². The number of aromatic nitrogens is 4. The SMILES string of the molecule is O=C(NCCc1ccc(Cl)cc1)c1nnn(-c2ccccc2Cl)c1-c1cccnc1. The van der Waals surface area contributed by atoms with Crippen LogP contribution in [0.1, 0.15) is 16.1 Å². The van der Waals surface area contributed by atoms with Crippen LogP contribution in [-0.2, 0) is 6.42 Å². The van der Waals surface area contributed by atoms with Crippen LogP contribution in [-0.4, -0.2) is 32.4 Å². The van der Waals surface area contributed by atoms with E-state index in [2.05, 4.69) is 20.6 Å². The Morgan fingerprint density at radius 2 is 1.80 bits per heavy atom. The Hall–Kier alpha value is -3.22. The Morgan fingerprint density at radius 1 is 1.00 bits per heavy atom. The molecule has 4 aromatic rings. The zero-order chi connectivity index (χ0) is 20.9. The molecule has 0 bridgehead atoms. The van der Waals surface area contributed by atoms with Gasteiger partial charge in [0.1, 0.15) is 5.69 Å². The van der Waals surface area contributed by atoms with Crippen molar-refractivity contribution in [3.05, 3.63) is 94.4 Å². The normalized spacial score (nSPS) is 10.7. The second-order valence-electron chi connectivity index (χ2n) is 6.52. The Bertz CT molecular complexity index is 1160. The average Bonchev–Trinajstić information content (AvgIpc) is 3.21. The van der Waals surface area contributed by atoms with Crippen molar-refractivity contribution < 1.29 is 4.79 Å². The molecule has 150 valence electrons. The molecule has 0 aliphatic rings. The number of amides is 1. The van der Waals surface area contributed by atoms with E-state index >= 15 is 0 Å². The van der Waals surface area contributed by atoms with Gasteiger partial charge in [-0.2, -0.15) is 0 Å². The Morgan fingerprint density at radius 3 is 2.53 bits per heavy atom. The first-order chi connectivity index (χ1) is 14.6. The Balaban J connectivity index is 1.62. The number of benzene rings is 2. The van der Waals surface area contributed by atoms with Gasteiger partial charge in [0.05, 0.1) is 10.7 Å². The van der Waals surface area contributed by atoms with Crippen LogP contribution < -0.4 is 5.32 Å². The largest absolute Gasteiger partial charge is 0.350 e. The molecule has 0 unspecified atom stereocenters. The molecule has 1 amide bonds. The summed E-state index contributed by atoms with van der Waals surface area (Å²) < 4.78 is 1.56. The maximum atomic E-state index is 12.9. The number of pyridine rings is 1. The molecule has 1 N–H and O–H groups in total. The second-order valence-corrected chi connectivity index (χ2v) is 7.37. The van der Waals surface area contributed by atoms with Crippen LogP contribution in [0.15, 0.2) is 73.1 Å². The number of halogens is 2. The minimum atomic E-state index is -0.318. The van der Waals surface area contributed by atoms with E-state index < -0.39 is 0 Å². The van der Waals surface area contributed by atoms with Crippen molar-refractivity contribution in [3.8, 4) is 16.9 Å². The molecule has 0 aliphatic carbocycles. The molecule has 2 aromatic carbocycles. The van der Waals surface area contributed by atoms with Crippen molar-refractivity contribution in [2.24, 2.45) is 0 Å². The molecule has 8 heteroatoms. The topological polar surface area (TPSA) is 72.7 Å². The van der Waals surface area contributed by atoms with Gasteiger partial charge in [-0.05, 0) is 48.4 Å². The van der Waals surface area contributed by atoms with Gasteiger partial charge in [0.2, 0.25) is 0 Å². The van der Waals surface area contributed by atoms with Crippen LogP contribution in [0, 0.1) is 0 Å². The van der Waals surface area contributed by atoms with Gasteiger partial charge in [-0.25, -0.2) is 4.68 Å². The van der Waals surface area contributed by atoms with Crippen LogP contribution in [0.5, 0.6) is 0 Å². The van der Waals surface area contributed by atoms with E-state index in [0.717, 1.165) is 5.56 Å². The molecule has 0 saturated heterocycles. The summed E-state index contributed by atoms with van der Waals surface area (Å²) in [4.78, 5) is 17.1. The molecule has 6 nitrogen and oxygen atoms in total. The summed E-state index contributed by atoms with van der Waals surface area (Å²) in [6.07, 6.45) is 4.00. The van der Waals surface area contributed by atoms with Gasteiger partial charge in [-0.1, -0.05) is 52.7 Å². The lowest BCUT2D eigenvalue weighted by Gasteiger charge is -2.10. The molecule has 4 rings (SSSR count). The highest BCUT2D eigenvalue weighted by Crippen LogP contribution is 2.28. The standard InChI is InChI=1S/C22H17Cl2N5O/c23-17-9-7-15(8-10-17)11-13-26-22(30)20-21(16-4-3-12-25-14-16)29(28-27-20)19-6-2-1-5-18(19)24/h1-10,12,14H,11,13H2,(H,26,30). The highest BCUT2D eigenvalue weighted by molar-refractivity contribution is 6.32. The van der Waals surface area contributed by atoms with Crippen molar-refractivity contribution in [2.75, 3.05) is 6.54 Å². The number of hydrogen-bond donors (Lipinski definition) is 1. The van der Waals surface area contributed by atoms with Crippen molar-refractivity contribution in [2.45, 2.75) is 6.42 Å². The van der Waals surface area contributed by atoms with E-state index in [1.807, 2.05) is 48.5 Å². The maximum absolute atomic E-state index is 12.9. The third-order valence-electron chi connectivity index (χ3n) is 4.51. The fraction of sp³-hybridized carbons (Fsp3) is 0.0909. The molecule has 0 aliphatic heterocycles. The highest BCUT2D eigenvalue weighted by atomic mass is 35.5. The summed E-state index contributed by atoms with van der Waals surface area (Å²) >= 11 is 12.3. The number of para-hydroxylation sites is 1. The van der Waals surface area contributed by atoms with Crippen LogP contribution in [0.4, 0.5) is 0 Å². The first-order valence-electron chi connectivity index (χ1n) is 9.27. The lowest BCUT2D eigenvalue weighted by atomic mass is 10.1. The van der Waals surface area contributed by atoms with Crippen molar-refractivity contribution in [1.82, 2.24) is 25.3 Å². The van der Waals surface area contributed by atoms with E-state index in [4.69, 9.17) is 23.2 Å². The lowest BCUT2D eigenvalue weighted by Crippen LogP contribution is -2.26. The molecular formula is C22H17Cl2N5O. The van der Waals surface area contributed by atoms with E-state index in [1.54, 1.807) is 29.2 Å². The second kappa shape index (κ2) is 9.07. The minimum absolute atomic E-state index is 0.207. The first-order valence-corrected chi connectivity index (χ1v) is 10.0. The Kier molecular flexibility index (Phi) is 6.07. The zero-order valence-corrected chi connectivity index (χ0v) is 17.3. The quantitative estimate of drug-likeness (QED) is 0.477. The zero-order valence-electron chi connectivity index (χ0n) is 15.8. The monoisotopic (exact) mass is 437 g/mol. The number of nitrogens with zero attached hydrogens (tertiary/aromatic N) is 4. The smallest absolute Gasteiger partial charge is 0.274 e. The summed E-state index contributed by atoms with van der Waals surface area (Å²) in [6.45, 7) is 0.450. The predicted octanol–water partition coefficient (Wildman–Crippen LogP) is 4.61. The van der Waals surface area contributed by atoms with E-state index in [9.17, 15) is 4.79 Å². The molecule has 0 atom stereocenters. The van der Waals surface area contributed by atoms with Gasteiger partial charge in [-0.15, -0.1) is 5.10 Å². The molecular weight excluding hydrogens is 421 g/mol. The summed E-state index contributed by atoms with van der Waals surface area (Å²) in [7, 11) is 0. The highest BCUT2D eigenvalue weighted by Gasteiger charge is 2.23. The number of hydrogen-bond acceptors (Lipinski definition) is 4. The first kappa shape index (κ1) is 20.1. The third-order valence-corrected chi connectivity index (χ3v) is 5.09. The van der Waals surface area contributed by atoms with Crippen LogP contribution >= 0.6 is 23.2 Å². The van der Waals surface area contributed by atoms with E-state index in [0.29, 0.717) is 40.0 Å². The average molecular weight is 438 g/mol. The fourth-order valence-electron chi connectivity index (χ4n) is 3.04. The molecule has 0 spiro atoms. The van der Waals surface area contributed by atoms with Gasteiger partial charge in [-0.3, -0.25) is 9.78 Å². The summed E-state index contributed by atoms with van der Waals surface area (Å²) in [5, 5.41) is 12.4.